The quantitative estimate of drug-likeness (QED) is 0.644. The van der Waals surface area contributed by atoms with Gasteiger partial charge in [-0.3, -0.25) is 4.99 Å². The van der Waals surface area contributed by atoms with Gasteiger partial charge in [0.1, 0.15) is 0 Å². The lowest BCUT2D eigenvalue weighted by atomic mass is 10.4. The molecule has 0 saturated carbocycles. The standard InChI is InChI=1S/C15H24N6O/c1-5-16-15(17-9-8-14-18-12(2)19-22-14)21(4)11-13-7-6-10-20(13)3/h6-7,10H,5,8-9,11H2,1-4H3,(H,16,17). The molecule has 0 radical (unpaired) electrons. The lowest BCUT2D eigenvalue weighted by Crippen LogP contribution is -2.39. The third-order valence-electron chi connectivity index (χ3n) is 3.30. The average Bonchev–Trinajstić information content (AvgIpc) is 3.07. The fourth-order valence-electron chi connectivity index (χ4n) is 2.15. The van der Waals surface area contributed by atoms with Gasteiger partial charge >= 0.3 is 0 Å². The van der Waals surface area contributed by atoms with E-state index in [9.17, 15) is 0 Å². The summed E-state index contributed by atoms with van der Waals surface area (Å²) in [5.41, 5.74) is 1.24. The van der Waals surface area contributed by atoms with E-state index in [1.807, 2.05) is 33.3 Å². The Kier molecular flexibility index (Phi) is 5.57. The van der Waals surface area contributed by atoms with Crippen molar-refractivity contribution in [3.05, 3.63) is 35.7 Å². The highest BCUT2D eigenvalue weighted by atomic mass is 16.5. The van der Waals surface area contributed by atoms with Crippen molar-refractivity contribution in [3.63, 3.8) is 0 Å². The van der Waals surface area contributed by atoms with E-state index in [1.165, 1.54) is 5.69 Å². The van der Waals surface area contributed by atoms with Crippen molar-refractivity contribution in [1.29, 1.82) is 0 Å². The van der Waals surface area contributed by atoms with Crippen molar-refractivity contribution >= 4 is 5.96 Å². The number of rotatable bonds is 6. The predicted molar refractivity (Wildman–Crippen MR) is 85.6 cm³/mol. The molecule has 0 atom stereocenters. The molecular weight excluding hydrogens is 280 g/mol. The van der Waals surface area contributed by atoms with Crippen LogP contribution in [0.15, 0.2) is 27.8 Å². The molecule has 2 aromatic rings. The van der Waals surface area contributed by atoms with E-state index in [1.54, 1.807) is 0 Å². The minimum absolute atomic E-state index is 0.613. The fraction of sp³-hybridized carbons (Fsp3) is 0.533. The first-order valence-corrected chi connectivity index (χ1v) is 7.49. The predicted octanol–water partition coefficient (Wildman–Crippen LogP) is 1.36. The molecule has 0 aliphatic carbocycles. The summed E-state index contributed by atoms with van der Waals surface area (Å²) in [6.45, 7) is 6.12. The van der Waals surface area contributed by atoms with Gasteiger partial charge in [0.05, 0.1) is 13.1 Å². The Labute approximate surface area is 131 Å². The number of aromatic nitrogens is 3. The van der Waals surface area contributed by atoms with Crippen LogP contribution in [0.2, 0.25) is 0 Å². The minimum Gasteiger partial charge on any atom is -0.357 e. The lowest BCUT2D eigenvalue weighted by Gasteiger charge is -2.22. The molecule has 2 rings (SSSR count). The molecule has 1 N–H and O–H groups in total. The minimum atomic E-state index is 0.613. The molecule has 0 aliphatic rings. The number of nitrogens with zero attached hydrogens (tertiary/aromatic N) is 5. The van der Waals surface area contributed by atoms with E-state index in [4.69, 9.17) is 4.52 Å². The average molecular weight is 304 g/mol. The smallest absolute Gasteiger partial charge is 0.228 e. The number of hydrogen-bond acceptors (Lipinski definition) is 4. The Morgan fingerprint density at radius 2 is 2.32 bits per heavy atom. The highest BCUT2D eigenvalue weighted by Crippen LogP contribution is 2.04. The lowest BCUT2D eigenvalue weighted by molar-refractivity contribution is 0.375. The van der Waals surface area contributed by atoms with Crippen LogP contribution in [-0.4, -0.2) is 45.7 Å². The van der Waals surface area contributed by atoms with Crippen LogP contribution in [0.4, 0.5) is 0 Å². The van der Waals surface area contributed by atoms with Crippen molar-refractivity contribution in [1.82, 2.24) is 24.9 Å². The van der Waals surface area contributed by atoms with E-state index < -0.39 is 0 Å². The van der Waals surface area contributed by atoms with Gasteiger partial charge in [0, 0.05) is 39.0 Å². The van der Waals surface area contributed by atoms with Crippen LogP contribution in [0.3, 0.4) is 0 Å². The summed E-state index contributed by atoms with van der Waals surface area (Å²) in [7, 11) is 4.08. The summed E-state index contributed by atoms with van der Waals surface area (Å²) >= 11 is 0. The largest absolute Gasteiger partial charge is 0.357 e. The van der Waals surface area contributed by atoms with Crippen LogP contribution in [0.1, 0.15) is 24.3 Å². The van der Waals surface area contributed by atoms with E-state index in [-0.39, 0.29) is 0 Å². The molecule has 0 unspecified atom stereocenters. The van der Waals surface area contributed by atoms with Gasteiger partial charge < -0.3 is 19.3 Å². The van der Waals surface area contributed by atoms with E-state index in [2.05, 4.69) is 42.9 Å². The first kappa shape index (κ1) is 16.1. The molecular formula is C15H24N6O. The van der Waals surface area contributed by atoms with Gasteiger partial charge in [0.2, 0.25) is 5.89 Å². The fourth-order valence-corrected chi connectivity index (χ4v) is 2.15. The number of guanidine groups is 1. The van der Waals surface area contributed by atoms with Crippen molar-refractivity contribution < 1.29 is 4.52 Å². The number of hydrogen-bond donors (Lipinski definition) is 1. The van der Waals surface area contributed by atoms with Crippen LogP contribution in [-0.2, 0) is 20.0 Å². The molecule has 0 amide bonds. The summed E-state index contributed by atoms with van der Waals surface area (Å²) in [6.07, 6.45) is 2.69. The monoisotopic (exact) mass is 304 g/mol. The second kappa shape index (κ2) is 7.63. The summed E-state index contributed by atoms with van der Waals surface area (Å²) in [5.74, 6) is 2.16. The van der Waals surface area contributed by atoms with Crippen LogP contribution < -0.4 is 5.32 Å². The molecule has 7 heteroatoms. The van der Waals surface area contributed by atoms with E-state index in [0.717, 1.165) is 19.0 Å². The summed E-state index contributed by atoms with van der Waals surface area (Å²) in [4.78, 5) is 10.9. The highest BCUT2D eigenvalue weighted by molar-refractivity contribution is 5.79. The normalized spacial score (nSPS) is 11.7. The van der Waals surface area contributed by atoms with Gasteiger partial charge in [-0.2, -0.15) is 4.98 Å². The molecule has 0 fully saturated rings. The third kappa shape index (κ3) is 4.34. The maximum absolute atomic E-state index is 5.10. The van der Waals surface area contributed by atoms with Crippen LogP contribution in [0.5, 0.6) is 0 Å². The van der Waals surface area contributed by atoms with Crippen molar-refractivity contribution in [2.75, 3.05) is 20.1 Å². The number of aryl methyl sites for hydroxylation is 2. The Balaban J connectivity index is 1.95. The zero-order chi connectivity index (χ0) is 15.9. The number of nitrogens with one attached hydrogen (secondary N) is 1. The Morgan fingerprint density at radius 1 is 1.50 bits per heavy atom. The summed E-state index contributed by atoms with van der Waals surface area (Å²) < 4.78 is 7.21. The van der Waals surface area contributed by atoms with Gasteiger partial charge in [-0.15, -0.1) is 0 Å². The maximum atomic E-state index is 5.10. The van der Waals surface area contributed by atoms with Crippen molar-refractivity contribution in [3.8, 4) is 0 Å². The third-order valence-corrected chi connectivity index (χ3v) is 3.30. The topological polar surface area (TPSA) is 71.5 Å². The van der Waals surface area contributed by atoms with Crippen LogP contribution >= 0.6 is 0 Å². The molecule has 2 heterocycles. The molecule has 0 bridgehead atoms. The Bertz CT molecular complexity index is 615. The van der Waals surface area contributed by atoms with Gasteiger partial charge in [0.15, 0.2) is 11.8 Å². The van der Waals surface area contributed by atoms with Crippen LogP contribution in [0, 0.1) is 6.92 Å². The summed E-state index contributed by atoms with van der Waals surface area (Å²) in [5, 5.41) is 7.09. The highest BCUT2D eigenvalue weighted by Gasteiger charge is 2.08. The molecule has 2 aromatic heterocycles. The Morgan fingerprint density at radius 3 is 2.91 bits per heavy atom. The summed E-state index contributed by atoms with van der Waals surface area (Å²) in [6, 6.07) is 4.16. The van der Waals surface area contributed by atoms with Crippen molar-refractivity contribution in [2.24, 2.45) is 12.0 Å². The van der Waals surface area contributed by atoms with Crippen LogP contribution in [0.25, 0.3) is 0 Å². The zero-order valence-corrected chi connectivity index (χ0v) is 13.7. The number of aliphatic imine (C=N–C) groups is 1. The Hall–Kier alpha value is -2.31. The molecule has 7 nitrogen and oxygen atoms in total. The van der Waals surface area contributed by atoms with Gasteiger partial charge in [0.25, 0.3) is 0 Å². The van der Waals surface area contributed by atoms with E-state index >= 15 is 0 Å². The van der Waals surface area contributed by atoms with E-state index in [0.29, 0.717) is 24.7 Å². The van der Waals surface area contributed by atoms with Gasteiger partial charge in [-0.25, -0.2) is 0 Å². The molecule has 0 aliphatic heterocycles. The van der Waals surface area contributed by atoms with Gasteiger partial charge in [-0.1, -0.05) is 5.16 Å². The first-order valence-electron chi connectivity index (χ1n) is 7.49. The SMILES string of the molecule is CCNC(=NCCc1nc(C)no1)N(C)Cc1cccn1C. The molecule has 0 saturated heterocycles. The second-order valence-electron chi connectivity index (χ2n) is 5.19. The first-order chi connectivity index (χ1) is 10.6. The van der Waals surface area contributed by atoms with Crippen molar-refractivity contribution in [2.45, 2.75) is 26.8 Å². The molecule has 0 spiro atoms. The van der Waals surface area contributed by atoms with Gasteiger partial charge in [-0.05, 0) is 26.0 Å². The molecule has 22 heavy (non-hydrogen) atoms. The maximum Gasteiger partial charge on any atom is 0.228 e. The zero-order valence-electron chi connectivity index (χ0n) is 13.7. The molecule has 120 valence electrons. The second-order valence-corrected chi connectivity index (χ2v) is 5.19. The molecule has 0 aromatic carbocycles.